The van der Waals surface area contributed by atoms with Crippen molar-refractivity contribution >= 4 is 51.9 Å². The van der Waals surface area contributed by atoms with Crippen LogP contribution in [0.15, 0.2) is 60.7 Å². The fourth-order valence-electron chi connectivity index (χ4n) is 2.81. The number of nitro benzene ring substituents is 1. The first-order chi connectivity index (χ1) is 14.4. The zero-order chi connectivity index (χ0) is 21.7. The molecule has 3 aromatic rings. The molecule has 0 aliphatic rings. The van der Waals surface area contributed by atoms with Gasteiger partial charge in [-0.2, -0.15) is 0 Å². The fraction of sp³-hybridized carbons (Fsp3) is 0.0952. The highest BCUT2D eigenvalue weighted by Gasteiger charge is 2.16. The van der Waals surface area contributed by atoms with Crippen LogP contribution >= 0.6 is 23.2 Å². The molecule has 0 unspecified atom stereocenters. The molecule has 0 saturated heterocycles. The van der Waals surface area contributed by atoms with Gasteiger partial charge in [0.15, 0.2) is 0 Å². The quantitative estimate of drug-likeness (QED) is 0.352. The minimum absolute atomic E-state index is 0.0880. The zero-order valence-electron chi connectivity index (χ0n) is 15.8. The van der Waals surface area contributed by atoms with E-state index in [0.29, 0.717) is 32.7 Å². The predicted molar refractivity (Wildman–Crippen MR) is 118 cm³/mol. The summed E-state index contributed by atoms with van der Waals surface area (Å²) in [4.78, 5) is 23.3. The van der Waals surface area contributed by atoms with Crippen LogP contribution in [-0.2, 0) is 11.2 Å². The number of hydrogen-bond acceptors (Lipinski definition) is 5. The molecular formula is C21H17Cl2N3O4. The number of methoxy groups -OCH3 is 1. The van der Waals surface area contributed by atoms with E-state index in [0.717, 1.165) is 0 Å². The van der Waals surface area contributed by atoms with Crippen LogP contribution in [0.5, 0.6) is 5.75 Å². The first kappa shape index (κ1) is 21.4. The van der Waals surface area contributed by atoms with Crippen molar-refractivity contribution in [1.82, 2.24) is 0 Å². The van der Waals surface area contributed by atoms with Crippen molar-refractivity contribution in [2.45, 2.75) is 6.42 Å². The summed E-state index contributed by atoms with van der Waals surface area (Å²) in [5, 5.41) is 17.8. The lowest BCUT2D eigenvalue weighted by Crippen LogP contribution is -2.16. The number of nitrogens with zero attached hydrogens (tertiary/aromatic N) is 1. The molecule has 2 N–H and O–H groups in total. The summed E-state index contributed by atoms with van der Waals surface area (Å²) in [7, 11) is 1.53. The summed E-state index contributed by atoms with van der Waals surface area (Å²) in [6, 6.07) is 16.3. The number of benzene rings is 3. The van der Waals surface area contributed by atoms with E-state index < -0.39 is 10.8 Å². The van der Waals surface area contributed by atoms with Gasteiger partial charge < -0.3 is 15.4 Å². The molecule has 0 aliphatic carbocycles. The van der Waals surface area contributed by atoms with Crippen molar-refractivity contribution in [1.29, 1.82) is 0 Å². The topological polar surface area (TPSA) is 93.5 Å². The van der Waals surface area contributed by atoms with Crippen LogP contribution in [-0.4, -0.2) is 17.9 Å². The molecule has 30 heavy (non-hydrogen) atoms. The predicted octanol–water partition coefficient (Wildman–Crippen LogP) is 5.84. The van der Waals surface area contributed by atoms with E-state index in [4.69, 9.17) is 27.9 Å². The van der Waals surface area contributed by atoms with Crippen molar-refractivity contribution in [3.05, 3.63) is 86.4 Å². The summed E-state index contributed by atoms with van der Waals surface area (Å²) < 4.78 is 5.32. The Bertz CT molecular complexity index is 1090. The van der Waals surface area contributed by atoms with E-state index in [1.807, 2.05) is 12.1 Å². The number of hydrogen-bond donors (Lipinski definition) is 2. The molecule has 3 aromatic carbocycles. The van der Waals surface area contributed by atoms with E-state index >= 15 is 0 Å². The van der Waals surface area contributed by atoms with Gasteiger partial charge in [-0.3, -0.25) is 14.9 Å². The zero-order valence-corrected chi connectivity index (χ0v) is 17.3. The lowest BCUT2D eigenvalue weighted by molar-refractivity contribution is -0.384. The molecule has 0 saturated carbocycles. The van der Waals surface area contributed by atoms with Crippen molar-refractivity contribution < 1.29 is 14.5 Å². The number of nitrogens with one attached hydrogen (secondary N) is 2. The number of anilines is 3. The Balaban J connectivity index is 1.90. The van der Waals surface area contributed by atoms with E-state index in [1.54, 1.807) is 30.3 Å². The van der Waals surface area contributed by atoms with Crippen LogP contribution in [0.4, 0.5) is 22.7 Å². The van der Waals surface area contributed by atoms with Gasteiger partial charge in [-0.1, -0.05) is 41.4 Å². The number of nitro groups is 1. The molecule has 7 nitrogen and oxygen atoms in total. The Hall–Kier alpha value is -3.29. The monoisotopic (exact) mass is 445 g/mol. The van der Waals surface area contributed by atoms with E-state index in [2.05, 4.69) is 10.6 Å². The molecule has 154 valence electrons. The van der Waals surface area contributed by atoms with Gasteiger partial charge in [0, 0.05) is 22.2 Å². The van der Waals surface area contributed by atoms with Crippen LogP contribution in [0.3, 0.4) is 0 Å². The number of para-hydroxylation sites is 2. The maximum Gasteiger partial charge on any atom is 0.271 e. The molecule has 0 spiro atoms. The number of ether oxygens (including phenoxy) is 1. The lowest BCUT2D eigenvalue weighted by atomic mass is 10.1. The molecule has 0 aromatic heterocycles. The van der Waals surface area contributed by atoms with E-state index in [1.165, 1.54) is 25.3 Å². The highest BCUT2D eigenvalue weighted by atomic mass is 35.5. The first-order valence-electron chi connectivity index (χ1n) is 8.80. The van der Waals surface area contributed by atoms with Crippen molar-refractivity contribution in [2.75, 3.05) is 17.7 Å². The van der Waals surface area contributed by atoms with Gasteiger partial charge in [-0.05, 0) is 35.9 Å². The third kappa shape index (κ3) is 5.00. The number of rotatable bonds is 7. The molecule has 0 radical (unpaired) electrons. The highest BCUT2D eigenvalue weighted by molar-refractivity contribution is 6.36. The van der Waals surface area contributed by atoms with Gasteiger partial charge in [0.2, 0.25) is 5.91 Å². The van der Waals surface area contributed by atoms with Crippen LogP contribution in [0, 0.1) is 10.1 Å². The van der Waals surface area contributed by atoms with Gasteiger partial charge in [0.25, 0.3) is 5.69 Å². The second kappa shape index (κ2) is 9.47. The number of carbonyl (C=O) groups is 1. The van der Waals surface area contributed by atoms with Gasteiger partial charge in [-0.15, -0.1) is 0 Å². The number of halogens is 2. The second-order valence-electron chi connectivity index (χ2n) is 6.24. The van der Waals surface area contributed by atoms with Crippen LogP contribution in [0.25, 0.3) is 0 Å². The average molecular weight is 446 g/mol. The summed E-state index contributed by atoms with van der Waals surface area (Å²) in [5.74, 6) is 0.157. The van der Waals surface area contributed by atoms with Gasteiger partial charge in [0.05, 0.1) is 35.5 Å². The Labute approximate surface area is 182 Å². The van der Waals surface area contributed by atoms with Crippen LogP contribution < -0.4 is 15.4 Å². The summed E-state index contributed by atoms with van der Waals surface area (Å²) in [5.41, 5.74) is 1.65. The molecule has 0 aliphatic heterocycles. The number of carbonyl (C=O) groups excluding carboxylic acids is 1. The molecule has 0 bridgehead atoms. The van der Waals surface area contributed by atoms with Crippen LogP contribution in [0.1, 0.15) is 5.56 Å². The molecule has 3 rings (SSSR count). The van der Waals surface area contributed by atoms with Crippen molar-refractivity contribution in [3.63, 3.8) is 0 Å². The minimum atomic E-state index is -0.534. The van der Waals surface area contributed by atoms with Gasteiger partial charge in [-0.25, -0.2) is 0 Å². The van der Waals surface area contributed by atoms with Crippen LogP contribution in [0.2, 0.25) is 10.0 Å². The van der Waals surface area contributed by atoms with Gasteiger partial charge in [0.1, 0.15) is 5.75 Å². The Morgan fingerprint density at radius 2 is 1.70 bits per heavy atom. The Kier molecular flexibility index (Phi) is 6.76. The largest absolute Gasteiger partial charge is 0.495 e. The highest BCUT2D eigenvalue weighted by Crippen LogP contribution is 2.34. The molecule has 0 fully saturated rings. The summed E-state index contributed by atoms with van der Waals surface area (Å²) >= 11 is 12.3. The minimum Gasteiger partial charge on any atom is -0.495 e. The Morgan fingerprint density at radius 1 is 1.00 bits per heavy atom. The average Bonchev–Trinajstić information content (AvgIpc) is 2.72. The third-order valence-corrected chi connectivity index (χ3v) is 4.97. The number of amides is 1. The maximum absolute atomic E-state index is 12.6. The summed E-state index contributed by atoms with van der Waals surface area (Å²) in [6.07, 6.45) is -0.0880. The van der Waals surface area contributed by atoms with Crippen molar-refractivity contribution in [2.24, 2.45) is 0 Å². The number of non-ortho nitro benzene ring substituents is 1. The maximum atomic E-state index is 12.6. The van der Waals surface area contributed by atoms with E-state index in [9.17, 15) is 14.9 Å². The first-order valence-corrected chi connectivity index (χ1v) is 9.56. The lowest BCUT2D eigenvalue weighted by Gasteiger charge is -2.15. The molecule has 9 heteroatoms. The van der Waals surface area contributed by atoms with Gasteiger partial charge >= 0.3 is 0 Å². The van der Waals surface area contributed by atoms with Crippen molar-refractivity contribution in [3.8, 4) is 5.75 Å². The Morgan fingerprint density at radius 3 is 2.37 bits per heavy atom. The molecule has 1 amide bonds. The smallest absolute Gasteiger partial charge is 0.271 e. The fourth-order valence-corrected chi connectivity index (χ4v) is 3.34. The standard InChI is InChI=1S/C21H17Cl2N3O4/c1-30-20-8-3-2-7-18(20)24-17-10-9-13(26(28)29)11-19(17)25-21(27)12-14-15(22)5-4-6-16(14)23/h2-11,24H,12H2,1H3,(H,25,27). The second-order valence-corrected chi connectivity index (χ2v) is 7.05. The SMILES string of the molecule is COc1ccccc1Nc1ccc([N+](=O)[O-])cc1NC(=O)Cc1c(Cl)cccc1Cl. The normalized spacial score (nSPS) is 10.4. The molecule has 0 heterocycles. The summed E-state index contributed by atoms with van der Waals surface area (Å²) in [6.45, 7) is 0. The molecule has 0 atom stereocenters. The molecular weight excluding hydrogens is 429 g/mol. The van der Waals surface area contributed by atoms with E-state index in [-0.39, 0.29) is 17.8 Å². The third-order valence-electron chi connectivity index (χ3n) is 4.26.